The highest BCUT2D eigenvalue weighted by atomic mass is 16.6. The van der Waals surface area contributed by atoms with Crippen LogP contribution < -0.4 is 14.8 Å². The standard InChI is InChI=1S/C12H13NO6/c1-17-10-4-7(11(14)15)2-3-9(10)18-6-8-5-13-12(16)19-8/h2-4,8H,5-6H2,1H3,(H,13,16)(H,14,15). The van der Waals surface area contributed by atoms with E-state index in [2.05, 4.69) is 5.32 Å². The average molecular weight is 267 g/mol. The first-order valence-corrected chi connectivity index (χ1v) is 5.58. The summed E-state index contributed by atoms with van der Waals surface area (Å²) in [5.74, 6) is -0.327. The molecule has 0 aromatic heterocycles. The molecule has 7 nitrogen and oxygen atoms in total. The SMILES string of the molecule is COc1cc(C(=O)O)ccc1OCC1CNC(=O)O1. The van der Waals surface area contributed by atoms with E-state index in [1.54, 1.807) is 0 Å². The maximum absolute atomic E-state index is 10.8. The van der Waals surface area contributed by atoms with Gasteiger partial charge in [-0.15, -0.1) is 0 Å². The molecule has 1 fully saturated rings. The first-order chi connectivity index (χ1) is 9.10. The summed E-state index contributed by atoms with van der Waals surface area (Å²) < 4.78 is 15.4. The topological polar surface area (TPSA) is 94.1 Å². The molecule has 1 atom stereocenters. The normalized spacial score (nSPS) is 17.5. The number of nitrogens with one attached hydrogen (secondary N) is 1. The highest BCUT2D eigenvalue weighted by molar-refractivity contribution is 5.88. The summed E-state index contributed by atoms with van der Waals surface area (Å²) in [6.45, 7) is 0.551. The Morgan fingerprint density at radius 1 is 1.53 bits per heavy atom. The monoisotopic (exact) mass is 267 g/mol. The number of amides is 1. The number of aromatic carboxylic acids is 1. The molecule has 0 saturated carbocycles. The van der Waals surface area contributed by atoms with Gasteiger partial charge >= 0.3 is 12.1 Å². The molecule has 1 unspecified atom stereocenters. The molecule has 0 bridgehead atoms. The quantitative estimate of drug-likeness (QED) is 0.822. The number of benzene rings is 1. The lowest BCUT2D eigenvalue weighted by Crippen LogP contribution is -2.22. The van der Waals surface area contributed by atoms with Crippen LogP contribution in [0.4, 0.5) is 4.79 Å². The molecule has 102 valence electrons. The van der Waals surface area contributed by atoms with Gasteiger partial charge in [0.25, 0.3) is 0 Å². The Kier molecular flexibility index (Phi) is 3.74. The first-order valence-electron chi connectivity index (χ1n) is 5.58. The third-order valence-electron chi connectivity index (χ3n) is 2.58. The van der Waals surface area contributed by atoms with Crippen LogP contribution in [0.15, 0.2) is 18.2 Å². The summed E-state index contributed by atoms with van der Waals surface area (Å²) in [5, 5.41) is 11.4. The molecular weight excluding hydrogens is 254 g/mol. The Hall–Kier alpha value is -2.44. The van der Waals surface area contributed by atoms with E-state index in [1.807, 2.05) is 0 Å². The van der Waals surface area contributed by atoms with E-state index in [4.69, 9.17) is 19.3 Å². The largest absolute Gasteiger partial charge is 0.493 e. The molecule has 2 N–H and O–H groups in total. The van der Waals surface area contributed by atoms with Crippen LogP contribution >= 0.6 is 0 Å². The minimum Gasteiger partial charge on any atom is -0.493 e. The number of carbonyl (C=O) groups excluding carboxylic acids is 1. The molecule has 1 aliphatic heterocycles. The van der Waals surface area contributed by atoms with Crippen molar-refractivity contribution in [2.24, 2.45) is 0 Å². The second-order valence-corrected chi connectivity index (χ2v) is 3.89. The molecule has 2 rings (SSSR count). The van der Waals surface area contributed by atoms with Gasteiger partial charge in [-0.2, -0.15) is 0 Å². The zero-order chi connectivity index (χ0) is 13.8. The predicted octanol–water partition coefficient (Wildman–Crippen LogP) is 0.881. The fourth-order valence-electron chi connectivity index (χ4n) is 1.63. The van der Waals surface area contributed by atoms with Crippen molar-refractivity contribution in [2.45, 2.75) is 6.10 Å². The molecule has 1 saturated heterocycles. The second kappa shape index (κ2) is 5.47. The van der Waals surface area contributed by atoms with E-state index in [1.165, 1.54) is 25.3 Å². The molecule has 0 radical (unpaired) electrons. The average Bonchev–Trinajstić information content (AvgIpc) is 2.81. The molecule has 0 aliphatic carbocycles. The van der Waals surface area contributed by atoms with Gasteiger partial charge in [0.2, 0.25) is 0 Å². The lowest BCUT2D eigenvalue weighted by molar-refractivity contribution is 0.0695. The van der Waals surface area contributed by atoms with Crippen molar-refractivity contribution in [3.05, 3.63) is 23.8 Å². The number of carboxylic acid groups (broad SMARTS) is 1. The Labute approximate surface area is 109 Å². The summed E-state index contributed by atoms with van der Waals surface area (Å²) in [4.78, 5) is 21.7. The number of carboxylic acids is 1. The predicted molar refractivity (Wildman–Crippen MR) is 63.7 cm³/mol. The van der Waals surface area contributed by atoms with Crippen molar-refractivity contribution < 1.29 is 28.9 Å². The van der Waals surface area contributed by atoms with Crippen LogP contribution in [0.25, 0.3) is 0 Å². The summed E-state index contributed by atoms with van der Waals surface area (Å²) >= 11 is 0. The van der Waals surface area contributed by atoms with E-state index >= 15 is 0 Å². The van der Waals surface area contributed by atoms with E-state index < -0.39 is 12.1 Å². The minimum atomic E-state index is -1.04. The van der Waals surface area contributed by atoms with Crippen LogP contribution in [0, 0.1) is 0 Å². The molecule has 1 aliphatic rings. The number of rotatable bonds is 5. The van der Waals surface area contributed by atoms with Crippen LogP contribution in [0.3, 0.4) is 0 Å². The lowest BCUT2D eigenvalue weighted by atomic mass is 10.2. The van der Waals surface area contributed by atoms with Gasteiger partial charge in [-0.05, 0) is 18.2 Å². The maximum Gasteiger partial charge on any atom is 0.407 e. The van der Waals surface area contributed by atoms with E-state index in [0.29, 0.717) is 18.0 Å². The number of hydrogen-bond acceptors (Lipinski definition) is 5. The minimum absolute atomic E-state index is 0.109. The third kappa shape index (κ3) is 3.06. The van der Waals surface area contributed by atoms with Crippen molar-refractivity contribution in [3.63, 3.8) is 0 Å². The van der Waals surface area contributed by atoms with Gasteiger partial charge in [0, 0.05) is 0 Å². The van der Waals surface area contributed by atoms with Crippen molar-refractivity contribution in [1.82, 2.24) is 5.32 Å². The number of cyclic esters (lactones) is 1. The zero-order valence-electron chi connectivity index (χ0n) is 10.2. The Balaban J connectivity index is 2.03. The molecule has 0 spiro atoms. The summed E-state index contributed by atoms with van der Waals surface area (Å²) in [5.41, 5.74) is 0.109. The van der Waals surface area contributed by atoms with Crippen LogP contribution in [0.2, 0.25) is 0 Å². The number of ether oxygens (including phenoxy) is 3. The number of hydrogen-bond donors (Lipinski definition) is 2. The second-order valence-electron chi connectivity index (χ2n) is 3.89. The summed E-state index contributed by atoms with van der Waals surface area (Å²) in [6.07, 6.45) is -0.835. The fourth-order valence-corrected chi connectivity index (χ4v) is 1.63. The highest BCUT2D eigenvalue weighted by Gasteiger charge is 2.23. The van der Waals surface area contributed by atoms with Gasteiger partial charge in [0.05, 0.1) is 19.2 Å². The molecule has 1 aromatic carbocycles. The van der Waals surface area contributed by atoms with E-state index in [9.17, 15) is 9.59 Å². The van der Waals surface area contributed by atoms with Gasteiger partial charge < -0.3 is 24.6 Å². The van der Waals surface area contributed by atoms with E-state index in [-0.39, 0.29) is 18.3 Å². The first kappa shape index (κ1) is 13.0. The van der Waals surface area contributed by atoms with Crippen LogP contribution in [0.5, 0.6) is 11.5 Å². The van der Waals surface area contributed by atoms with Gasteiger partial charge in [0.15, 0.2) is 17.6 Å². The molecule has 1 amide bonds. The highest BCUT2D eigenvalue weighted by Crippen LogP contribution is 2.28. The molecule has 1 aromatic rings. The Morgan fingerprint density at radius 2 is 2.32 bits per heavy atom. The maximum atomic E-state index is 10.8. The summed E-state index contributed by atoms with van der Waals surface area (Å²) in [6, 6.07) is 4.29. The van der Waals surface area contributed by atoms with Crippen molar-refractivity contribution in [2.75, 3.05) is 20.3 Å². The van der Waals surface area contributed by atoms with Crippen molar-refractivity contribution >= 4 is 12.1 Å². The molecule has 7 heteroatoms. The van der Waals surface area contributed by atoms with Crippen LogP contribution in [-0.4, -0.2) is 43.5 Å². The Morgan fingerprint density at radius 3 is 2.89 bits per heavy atom. The van der Waals surface area contributed by atoms with E-state index in [0.717, 1.165) is 0 Å². The zero-order valence-corrected chi connectivity index (χ0v) is 10.2. The number of carbonyl (C=O) groups is 2. The molecular formula is C12H13NO6. The van der Waals surface area contributed by atoms with Gasteiger partial charge in [-0.1, -0.05) is 0 Å². The van der Waals surface area contributed by atoms with Gasteiger partial charge in [0.1, 0.15) is 6.61 Å². The number of alkyl carbamates (subject to hydrolysis) is 1. The number of methoxy groups -OCH3 is 1. The molecule has 1 heterocycles. The molecule has 19 heavy (non-hydrogen) atoms. The smallest absolute Gasteiger partial charge is 0.407 e. The Bertz CT molecular complexity index is 501. The lowest BCUT2D eigenvalue weighted by Gasteiger charge is -2.13. The van der Waals surface area contributed by atoms with Crippen molar-refractivity contribution in [3.8, 4) is 11.5 Å². The fraction of sp³-hybridized carbons (Fsp3) is 0.333. The van der Waals surface area contributed by atoms with Crippen molar-refractivity contribution in [1.29, 1.82) is 0 Å². The van der Waals surface area contributed by atoms with Gasteiger partial charge in [-0.3, -0.25) is 0 Å². The summed E-state index contributed by atoms with van der Waals surface area (Å²) in [7, 11) is 1.42. The van der Waals surface area contributed by atoms with Crippen LogP contribution in [-0.2, 0) is 4.74 Å². The third-order valence-corrected chi connectivity index (χ3v) is 2.58. The van der Waals surface area contributed by atoms with Gasteiger partial charge in [-0.25, -0.2) is 9.59 Å². The van der Waals surface area contributed by atoms with Crippen LogP contribution in [0.1, 0.15) is 10.4 Å².